The first-order chi connectivity index (χ1) is 14.8. The fourth-order valence-corrected chi connectivity index (χ4v) is 4.19. The number of hydrogen-bond donors (Lipinski definition) is 1. The summed E-state index contributed by atoms with van der Waals surface area (Å²) >= 11 is 3.42. The SMILES string of the molecule is Cc1ccccc1CN(c1ccc(C(=O)N/N=C\c2ccccc2Br)cc1)S(C)(=O)=O. The Morgan fingerprint density at radius 2 is 1.68 bits per heavy atom. The molecule has 160 valence electrons. The van der Waals surface area contributed by atoms with Crippen LogP contribution in [-0.2, 0) is 16.6 Å². The molecule has 0 saturated carbocycles. The third-order valence-corrected chi connectivity index (χ3v) is 6.53. The van der Waals surface area contributed by atoms with Crippen LogP contribution in [0.25, 0.3) is 0 Å². The number of anilines is 1. The molecule has 0 aliphatic heterocycles. The minimum atomic E-state index is -3.51. The van der Waals surface area contributed by atoms with Crippen LogP contribution in [0, 0.1) is 6.92 Å². The molecule has 3 rings (SSSR count). The molecule has 8 heteroatoms. The van der Waals surface area contributed by atoms with E-state index >= 15 is 0 Å². The Hall–Kier alpha value is -2.97. The van der Waals surface area contributed by atoms with Gasteiger partial charge in [-0.05, 0) is 48.4 Å². The molecule has 0 aliphatic carbocycles. The van der Waals surface area contributed by atoms with Crippen molar-refractivity contribution in [2.45, 2.75) is 13.5 Å². The molecule has 0 saturated heterocycles. The van der Waals surface area contributed by atoms with Crippen LogP contribution in [0.1, 0.15) is 27.0 Å². The number of nitrogens with zero attached hydrogens (tertiary/aromatic N) is 2. The minimum Gasteiger partial charge on any atom is -0.267 e. The molecule has 0 aromatic heterocycles. The summed E-state index contributed by atoms with van der Waals surface area (Å²) in [7, 11) is -3.51. The number of rotatable bonds is 7. The summed E-state index contributed by atoms with van der Waals surface area (Å²) < 4.78 is 27.0. The minimum absolute atomic E-state index is 0.216. The molecule has 0 spiro atoms. The predicted molar refractivity (Wildman–Crippen MR) is 128 cm³/mol. The summed E-state index contributed by atoms with van der Waals surface area (Å²) in [6.07, 6.45) is 2.71. The lowest BCUT2D eigenvalue weighted by molar-refractivity contribution is 0.0955. The second-order valence-corrected chi connectivity index (χ2v) is 9.72. The van der Waals surface area contributed by atoms with Crippen molar-refractivity contribution in [2.75, 3.05) is 10.6 Å². The van der Waals surface area contributed by atoms with Crippen molar-refractivity contribution >= 4 is 43.8 Å². The summed E-state index contributed by atoms with van der Waals surface area (Å²) in [5, 5.41) is 3.98. The topological polar surface area (TPSA) is 78.8 Å². The Morgan fingerprint density at radius 1 is 1.03 bits per heavy atom. The van der Waals surface area contributed by atoms with Gasteiger partial charge in [-0.1, -0.05) is 58.4 Å². The van der Waals surface area contributed by atoms with Gasteiger partial charge in [-0.3, -0.25) is 9.10 Å². The summed E-state index contributed by atoms with van der Waals surface area (Å²) in [5.41, 5.74) is 6.09. The molecule has 0 aliphatic rings. The number of benzene rings is 3. The zero-order valence-electron chi connectivity index (χ0n) is 17.1. The maximum Gasteiger partial charge on any atom is 0.271 e. The van der Waals surface area contributed by atoms with Gasteiger partial charge in [-0.2, -0.15) is 5.10 Å². The van der Waals surface area contributed by atoms with Crippen molar-refractivity contribution < 1.29 is 13.2 Å². The molecule has 3 aromatic rings. The molecule has 31 heavy (non-hydrogen) atoms. The van der Waals surface area contributed by atoms with Crippen molar-refractivity contribution in [3.05, 3.63) is 99.5 Å². The number of nitrogens with one attached hydrogen (secondary N) is 1. The van der Waals surface area contributed by atoms with E-state index in [0.29, 0.717) is 11.3 Å². The number of hydrazone groups is 1. The highest BCUT2D eigenvalue weighted by atomic mass is 79.9. The van der Waals surface area contributed by atoms with E-state index in [0.717, 1.165) is 21.2 Å². The van der Waals surface area contributed by atoms with E-state index in [-0.39, 0.29) is 12.5 Å². The normalized spacial score (nSPS) is 11.5. The van der Waals surface area contributed by atoms with Gasteiger partial charge in [-0.25, -0.2) is 13.8 Å². The number of hydrogen-bond acceptors (Lipinski definition) is 4. The van der Waals surface area contributed by atoms with Gasteiger partial charge < -0.3 is 0 Å². The van der Waals surface area contributed by atoms with Crippen LogP contribution in [-0.4, -0.2) is 26.8 Å². The van der Waals surface area contributed by atoms with Crippen molar-refractivity contribution in [3.63, 3.8) is 0 Å². The van der Waals surface area contributed by atoms with E-state index < -0.39 is 10.0 Å². The van der Waals surface area contributed by atoms with Gasteiger partial charge in [0.2, 0.25) is 10.0 Å². The van der Waals surface area contributed by atoms with Crippen LogP contribution in [0.5, 0.6) is 0 Å². The van der Waals surface area contributed by atoms with Crippen molar-refractivity contribution in [2.24, 2.45) is 5.10 Å². The van der Waals surface area contributed by atoms with Gasteiger partial charge in [0, 0.05) is 15.6 Å². The number of carbonyl (C=O) groups is 1. The average molecular weight is 500 g/mol. The van der Waals surface area contributed by atoms with E-state index in [1.807, 2.05) is 55.5 Å². The maximum atomic E-state index is 12.4. The number of halogens is 1. The number of carbonyl (C=O) groups excluding carboxylic acids is 1. The molecular formula is C23H22BrN3O3S. The first-order valence-electron chi connectivity index (χ1n) is 9.46. The molecular weight excluding hydrogens is 478 g/mol. The Bertz CT molecular complexity index is 1210. The van der Waals surface area contributed by atoms with E-state index in [1.54, 1.807) is 30.5 Å². The van der Waals surface area contributed by atoms with Crippen LogP contribution in [0.2, 0.25) is 0 Å². The van der Waals surface area contributed by atoms with Gasteiger partial charge in [0.25, 0.3) is 5.91 Å². The third kappa shape index (κ3) is 6.02. The molecule has 1 amide bonds. The Morgan fingerprint density at radius 3 is 2.32 bits per heavy atom. The van der Waals surface area contributed by atoms with Crippen molar-refractivity contribution in [1.82, 2.24) is 5.43 Å². The van der Waals surface area contributed by atoms with E-state index in [9.17, 15) is 13.2 Å². The van der Waals surface area contributed by atoms with E-state index in [2.05, 4.69) is 26.5 Å². The summed E-state index contributed by atoms with van der Waals surface area (Å²) in [5.74, 6) is -0.389. The third-order valence-electron chi connectivity index (χ3n) is 4.67. The fraction of sp³-hybridized carbons (Fsp3) is 0.130. The van der Waals surface area contributed by atoms with Crippen molar-refractivity contribution in [3.8, 4) is 0 Å². The summed E-state index contributed by atoms with van der Waals surface area (Å²) in [4.78, 5) is 12.4. The quantitative estimate of drug-likeness (QED) is 0.384. The Kier molecular flexibility index (Phi) is 7.25. The molecule has 0 fully saturated rings. The highest BCUT2D eigenvalue weighted by molar-refractivity contribution is 9.10. The zero-order valence-corrected chi connectivity index (χ0v) is 19.5. The van der Waals surface area contributed by atoms with Crippen LogP contribution in [0.15, 0.2) is 82.4 Å². The van der Waals surface area contributed by atoms with Crippen LogP contribution < -0.4 is 9.73 Å². The molecule has 1 N–H and O–H groups in total. The van der Waals surface area contributed by atoms with Gasteiger partial charge >= 0.3 is 0 Å². The summed E-state index contributed by atoms with van der Waals surface area (Å²) in [6, 6.07) is 21.5. The Labute approximate surface area is 190 Å². The smallest absolute Gasteiger partial charge is 0.267 e. The maximum absolute atomic E-state index is 12.4. The van der Waals surface area contributed by atoms with E-state index in [1.165, 1.54) is 10.6 Å². The molecule has 3 aromatic carbocycles. The summed E-state index contributed by atoms with van der Waals surface area (Å²) in [6.45, 7) is 2.16. The number of sulfonamides is 1. The van der Waals surface area contributed by atoms with Crippen molar-refractivity contribution in [1.29, 1.82) is 0 Å². The number of amides is 1. The fourth-order valence-electron chi connectivity index (χ4n) is 2.93. The second-order valence-electron chi connectivity index (χ2n) is 6.96. The van der Waals surface area contributed by atoms with Crippen LogP contribution in [0.3, 0.4) is 0 Å². The largest absolute Gasteiger partial charge is 0.271 e. The Balaban J connectivity index is 1.74. The highest BCUT2D eigenvalue weighted by Gasteiger charge is 2.19. The standard InChI is InChI=1S/C23H22BrN3O3S/c1-17-7-3-4-9-20(17)16-27(31(2,29)30)21-13-11-18(12-14-21)23(28)26-25-15-19-8-5-6-10-22(19)24/h3-15H,16H2,1-2H3,(H,26,28)/b25-15-. The first kappa shape index (κ1) is 22.7. The van der Waals surface area contributed by atoms with E-state index in [4.69, 9.17) is 0 Å². The molecule has 0 atom stereocenters. The molecule has 0 radical (unpaired) electrons. The zero-order chi connectivity index (χ0) is 22.4. The average Bonchev–Trinajstić information content (AvgIpc) is 2.74. The second kappa shape index (κ2) is 9.89. The first-order valence-corrected chi connectivity index (χ1v) is 12.1. The lowest BCUT2D eigenvalue weighted by Gasteiger charge is -2.23. The molecule has 0 bridgehead atoms. The number of aryl methyl sites for hydroxylation is 1. The van der Waals surface area contributed by atoms with Crippen LogP contribution in [0.4, 0.5) is 5.69 Å². The van der Waals surface area contributed by atoms with Gasteiger partial charge in [0.05, 0.1) is 24.7 Å². The lowest BCUT2D eigenvalue weighted by atomic mass is 10.1. The lowest BCUT2D eigenvalue weighted by Crippen LogP contribution is -2.29. The van der Waals surface area contributed by atoms with Gasteiger partial charge in [0.15, 0.2) is 0 Å². The van der Waals surface area contributed by atoms with Crippen LogP contribution >= 0.6 is 15.9 Å². The molecule has 6 nitrogen and oxygen atoms in total. The molecule has 0 unspecified atom stereocenters. The van der Waals surface area contributed by atoms with Gasteiger partial charge in [0.1, 0.15) is 0 Å². The highest BCUT2D eigenvalue weighted by Crippen LogP contribution is 2.22. The predicted octanol–water partition coefficient (Wildman–Crippen LogP) is 4.49. The molecule has 0 heterocycles. The van der Waals surface area contributed by atoms with Gasteiger partial charge in [-0.15, -0.1) is 0 Å². The monoisotopic (exact) mass is 499 g/mol.